The first kappa shape index (κ1) is 12.0. The Balaban J connectivity index is 2.28. The van der Waals surface area contributed by atoms with Crippen LogP contribution < -0.4 is 5.32 Å². The Morgan fingerprint density at radius 2 is 1.94 bits per heavy atom. The lowest BCUT2D eigenvalue weighted by molar-refractivity contribution is 0.101. The first-order valence-electron chi connectivity index (χ1n) is 4.83. The van der Waals surface area contributed by atoms with Crippen LogP contribution in [0.25, 0.3) is 0 Å². The van der Waals surface area contributed by atoms with E-state index in [1.54, 1.807) is 37.5 Å². The number of halogens is 2. The molecule has 2 aromatic rings. The van der Waals surface area contributed by atoms with Crippen LogP contribution in [0, 0.1) is 0 Å². The minimum Gasteiger partial charge on any atom is -0.318 e. The van der Waals surface area contributed by atoms with Crippen molar-refractivity contribution in [2.45, 2.75) is 0 Å². The molecule has 0 atom stereocenters. The number of hydrogen-bond donors (Lipinski definition) is 1. The van der Waals surface area contributed by atoms with Crippen LogP contribution in [0.1, 0.15) is 10.5 Å². The fraction of sp³-hybridized carbons (Fsp3) is 0.0909. The number of nitrogens with zero attached hydrogens (tertiary/aromatic N) is 2. The molecule has 0 fully saturated rings. The molecule has 0 spiro atoms. The van der Waals surface area contributed by atoms with Crippen LogP contribution in [0.4, 0.5) is 5.69 Å². The quantitative estimate of drug-likeness (QED) is 0.911. The molecular weight excluding hydrogens is 261 g/mol. The maximum atomic E-state index is 11.9. The highest BCUT2D eigenvalue weighted by atomic mass is 35.5. The standard InChI is InChI=1S/C11H9Cl2N3O/c1-16-9(5-6-14-16)11(17)15-10-7(12)3-2-4-8(10)13/h2-6H,1H3,(H,15,17). The highest BCUT2D eigenvalue weighted by molar-refractivity contribution is 6.39. The van der Waals surface area contributed by atoms with E-state index in [0.29, 0.717) is 21.4 Å². The van der Waals surface area contributed by atoms with E-state index in [1.807, 2.05) is 0 Å². The third-order valence-electron chi connectivity index (χ3n) is 2.25. The molecule has 0 radical (unpaired) electrons. The molecule has 88 valence electrons. The van der Waals surface area contributed by atoms with Crippen molar-refractivity contribution in [1.29, 1.82) is 0 Å². The summed E-state index contributed by atoms with van der Waals surface area (Å²) in [5.41, 5.74) is 0.836. The van der Waals surface area contributed by atoms with E-state index in [-0.39, 0.29) is 5.91 Å². The Morgan fingerprint density at radius 3 is 2.47 bits per heavy atom. The molecule has 0 aliphatic carbocycles. The molecule has 1 aromatic carbocycles. The van der Waals surface area contributed by atoms with E-state index in [0.717, 1.165) is 0 Å². The number of benzene rings is 1. The summed E-state index contributed by atoms with van der Waals surface area (Å²) >= 11 is 11.9. The van der Waals surface area contributed by atoms with Crippen molar-refractivity contribution < 1.29 is 4.79 Å². The van der Waals surface area contributed by atoms with Crippen molar-refractivity contribution in [3.63, 3.8) is 0 Å². The second-order valence-corrected chi connectivity index (χ2v) is 4.21. The molecule has 1 amide bonds. The summed E-state index contributed by atoms with van der Waals surface area (Å²) in [6.07, 6.45) is 1.54. The number of amides is 1. The van der Waals surface area contributed by atoms with Crippen LogP contribution in [-0.2, 0) is 7.05 Å². The highest BCUT2D eigenvalue weighted by Gasteiger charge is 2.13. The molecule has 6 heteroatoms. The summed E-state index contributed by atoms with van der Waals surface area (Å²) < 4.78 is 1.47. The number of rotatable bonds is 2. The summed E-state index contributed by atoms with van der Waals surface area (Å²) in [6.45, 7) is 0. The van der Waals surface area contributed by atoms with Gasteiger partial charge in [-0.1, -0.05) is 29.3 Å². The van der Waals surface area contributed by atoms with Gasteiger partial charge in [-0.3, -0.25) is 9.48 Å². The van der Waals surface area contributed by atoms with Gasteiger partial charge in [0.1, 0.15) is 5.69 Å². The van der Waals surface area contributed by atoms with Crippen LogP contribution in [-0.4, -0.2) is 15.7 Å². The van der Waals surface area contributed by atoms with E-state index in [4.69, 9.17) is 23.2 Å². The van der Waals surface area contributed by atoms with Crippen LogP contribution in [0.15, 0.2) is 30.5 Å². The molecule has 0 saturated carbocycles. The van der Waals surface area contributed by atoms with Gasteiger partial charge in [-0.25, -0.2) is 0 Å². The monoisotopic (exact) mass is 269 g/mol. The van der Waals surface area contributed by atoms with Gasteiger partial charge >= 0.3 is 0 Å². The number of aromatic nitrogens is 2. The van der Waals surface area contributed by atoms with Crippen LogP contribution in [0.3, 0.4) is 0 Å². The van der Waals surface area contributed by atoms with Gasteiger partial charge in [0.25, 0.3) is 5.91 Å². The molecule has 4 nitrogen and oxygen atoms in total. The number of nitrogens with one attached hydrogen (secondary N) is 1. The Hall–Kier alpha value is -1.52. The van der Waals surface area contributed by atoms with Crippen LogP contribution in [0.5, 0.6) is 0 Å². The molecular formula is C11H9Cl2N3O. The van der Waals surface area contributed by atoms with E-state index < -0.39 is 0 Å². The highest BCUT2D eigenvalue weighted by Crippen LogP contribution is 2.30. The summed E-state index contributed by atoms with van der Waals surface area (Å²) in [6, 6.07) is 6.64. The van der Waals surface area contributed by atoms with E-state index >= 15 is 0 Å². The minimum atomic E-state index is -0.306. The maximum Gasteiger partial charge on any atom is 0.273 e. The fourth-order valence-electron chi connectivity index (χ4n) is 1.39. The first-order valence-corrected chi connectivity index (χ1v) is 5.58. The third kappa shape index (κ3) is 2.43. The Morgan fingerprint density at radius 1 is 1.29 bits per heavy atom. The lowest BCUT2D eigenvalue weighted by Crippen LogP contribution is -2.16. The van der Waals surface area contributed by atoms with Gasteiger partial charge in [-0.15, -0.1) is 0 Å². The molecule has 17 heavy (non-hydrogen) atoms. The van der Waals surface area contributed by atoms with Gasteiger partial charge in [0.15, 0.2) is 0 Å². The van der Waals surface area contributed by atoms with Crippen molar-refractivity contribution in [2.24, 2.45) is 7.05 Å². The maximum absolute atomic E-state index is 11.9. The molecule has 1 N–H and O–H groups in total. The van der Waals surface area contributed by atoms with Gasteiger partial charge in [0.2, 0.25) is 0 Å². The molecule has 0 aliphatic rings. The van der Waals surface area contributed by atoms with Gasteiger partial charge < -0.3 is 5.32 Å². The minimum absolute atomic E-state index is 0.306. The van der Waals surface area contributed by atoms with Crippen LogP contribution >= 0.6 is 23.2 Å². The van der Waals surface area contributed by atoms with E-state index in [2.05, 4.69) is 10.4 Å². The largest absolute Gasteiger partial charge is 0.318 e. The molecule has 0 unspecified atom stereocenters. The number of aryl methyl sites for hydroxylation is 1. The van der Waals surface area contributed by atoms with Crippen molar-refractivity contribution >= 4 is 34.8 Å². The smallest absolute Gasteiger partial charge is 0.273 e. The molecule has 1 heterocycles. The average Bonchev–Trinajstić information content (AvgIpc) is 2.70. The molecule has 0 saturated heterocycles. The van der Waals surface area contributed by atoms with Crippen molar-refractivity contribution in [3.8, 4) is 0 Å². The second kappa shape index (κ2) is 4.77. The van der Waals surface area contributed by atoms with Crippen molar-refractivity contribution in [2.75, 3.05) is 5.32 Å². The Kier molecular flexibility index (Phi) is 3.36. The van der Waals surface area contributed by atoms with Gasteiger partial charge in [-0.2, -0.15) is 5.10 Å². The molecule has 1 aromatic heterocycles. The van der Waals surface area contributed by atoms with Crippen molar-refractivity contribution in [1.82, 2.24) is 9.78 Å². The van der Waals surface area contributed by atoms with Gasteiger partial charge in [0.05, 0.1) is 15.7 Å². The molecule has 0 aliphatic heterocycles. The molecule has 0 bridgehead atoms. The number of carbonyl (C=O) groups is 1. The topological polar surface area (TPSA) is 46.9 Å². The average molecular weight is 270 g/mol. The number of anilines is 1. The zero-order valence-corrected chi connectivity index (χ0v) is 10.5. The lowest BCUT2D eigenvalue weighted by atomic mass is 10.3. The third-order valence-corrected chi connectivity index (χ3v) is 2.88. The zero-order chi connectivity index (χ0) is 12.4. The predicted octanol–water partition coefficient (Wildman–Crippen LogP) is 2.98. The zero-order valence-electron chi connectivity index (χ0n) is 8.95. The Labute approximate surface area is 108 Å². The fourth-order valence-corrected chi connectivity index (χ4v) is 1.88. The molecule has 2 rings (SSSR count). The number of hydrogen-bond acceptors (Lipinski definition) is 2. The summed E-state index contributed by atoms with van der Waals surface area (Å²) in [7, 11) is 1.68. The van der Waals surface area contributed by atoms with Crippen LogP contribution in [0.2, 0.25) is 10.0 Å². The summed E-state index contributed by atoms with van der Waals surface area (Å²) in [5.74, 6) is -0.306. The normalized spacial score (nSPS) is 10.3. The predicted molar refractivity (Wildman–Crippen MR) is 67.6 cm³/mol. The second-order valence-electron chi connectivity index (χ2n) is 3.39. The lowest BCUT2D eigenvalue weighted by Gasteiger charge is -2.08. The van der Waals surface area contributed by atoms with Gasteiger partial charge in [-0.05, 0) is 18.2 Å². The van der Waals surface area contributed by atoms with Gasteiger partial charge in [0, 0.05) is 13.2 Å². The van der Waals surface area contributed by atoms with Crippen molar-refractivity contribution in [3.05, 3.63) is 46.2 Å². The summed E-state index contributed by atoms with van der Waals surface area (Å²) in [4.78, 5) is 11.9. The number of carbonyl (C=O) groups excluding carboxylic acids is 1. The SMILES string of the molecule is Cn1nccc1C(=O)Nc1c(Cl)cccc1Cl. The van der Waals surface area contributed by atoms with E-state index in [9.17, 15) is 4.79 Å². The first-order chi connectivity index (χ1) is 8.09. The number of para-hydroxylation sites is 1. The Bertz CT molecular complexity index is 545. The summed E-state index contributed by atoms with van der Waals surface area (Å²) in [5, 5.41) is 7.36. The van der Waals surface area contributed by atoms with E-state index in [1.165, 1.54) is 4.68 Å².